The summed E-state index contributed by atoms with van der Waals surface area (Å²) in [6.07, 6.45) is 2.95. The quantitative estimate of drug-likeness (QED) is 0.396. The van der Waals surface area contributed by atoms with E-state index in [1.165, 1.54) is 0 Å². The Morgan fingerprint density at radius 2 is 1.83 bits per heavy atom. The molecule has 2 N–H and O–H groups in total. The number of ether oxygens (including phenoxy) is 1. The average molecular weight is 491 g/mol. The van der Waals surface area contributed by atoms with E-state index in [1.807, 2.05) is 43.5 Å². The number of anilines is 2. The zero-order chi connectivity index (χ0) is 24.6. The molecule has 8 nitrogen and oxygen atoms in total. The number of hydrogen-bond acceptors (Lipinski definition) is 6. The van der Waals surface area contributed by atoms with Crippen LogP contribution in [0.4, 0.5) is 11.5 Å². The summed E-state index contributed by atoms with van der Waals surface area (Å²) >= 11 is 0. The number of benzene rings is 2. The van der Waals surface area contributed by atoms with Gasteiger partial charge in [-0.3, -0.25) is 9.52 Å². The molecule has 35 heavy (non-hydrogen) atoms. The van der Waals surface area contributed by atoms with E-state index < -0.39 is 10.0 Å². The number of aromatic amines is 1. The van der Waals surface area contributed by atoms with Crippen LogP contribution < -0.4 is 9.62 Å². The molecule has 180 valence electrons. The molecule has 0 bridgehead atoms. The molecule has 9 heteroatoms. The summed E-state index contributed by atoms with van der Waals surface area (Å²) in [5.74, 6) is 0.532. The maximum atomic E-state index is 13.7. The fourth-order valence-electron chi connectivity index (χ4n) is 4.43. The Hall–Kier alpha value is -3.69. The predicted octanol–water partition coefficient (Wildman–Crippen LogP) is 3.98. The first-order valence-electron chi connectivity index (χ1n) is 11.3. The first kappa shape index (κ1) is 23.1. The van der Waals surface area contributed by atoms with E-state index in [0.717, 1.165) is 39.8 Å². The van der Waals surface area contributed by atoms with Gasteiger partial charge in [-0.2, -0.15) is 0 Å². The standard InChI is InChI=1S/C26H26N4O4S/c1-17-12-19(16-25(28-17)30-8-10-34-11-9-30)26(31)20-13-18(14-21(15-20)29-35(2,32)33)22-4-3-5-24-23(22)6-7-27-24/h3-7,12-16,27,29H,8-11H2,1-2H3. The number of H-pyrrole nitrogens is 1. The van der Waals surface area contributed by atoms with Crippen LogP contribution in [0.3, 0.4) is 0 Å². The van der Waals surface area contributed by atoms with E-state index in [2.05, 4.69) is 19.6 Å². The van der Waals surface area contributed by atoms with Gasteiger partial charge in [0.25, 0.3) is 0 Å². The van der Waals surface area contributed by atoms with Gasteiger partial charge in [0.05, 0.1) is 19.5 Å². The molecule has 1 saturated heterocycles. The van der Waals surface area contributed by atoms with Gasteiger partial charge >= 0.3 is 0 Å². The monoisotopic (exact) mass is 490 g/mol. The molecule has 5 rings (SSSR count). The third-order valence-electron chi connectivity index (χ3n) is 5.94. The second-order valence-electron chi connectivity index (χ2n) is 8.70. The van der Waals surface area contributed by atoms with Crippen molar-refractivity contribution in [1.82, 2.24) is 9.97 Å². The summed E-state index contributed by atoms with van der Waals surface area (Å²) < 4.78 is 32.0. The molecule has 0 spiro atoms. The molecular weight excluding hydrogens is 464 g/mol. The van der Waals surface area contributed by atoms with E-state index >= 15 is 0 Å². The molecule has 0 unspecified atom stereocenters. The molecule has 3 heterocycles. The van der Waals surface area contributed by atoms with Gasteiger partial charge in [0.15, 0.2) is 5.78 Å². The number of ketones is 1. The Balaban J connectivity index is 1.60. The summed E-state index contributed by atoms with van der Waals surface area (Å²) in [4.78, 5) is 23.6. The van der Waals surface area contributed by atoms with Crippen LogP contribution in [0, 0.1) is 6.92 Å². The van der Waals surface area contributed by atoms with Gasteiger partial charge in [0.2, 0.25) is 10.0 Å². The lowest BCUT2D eigenvalue weighted by atomic mass is 9.95. The minimum Gasteiger partial charge on any atom is -0.378 e. The summed E-state index contributed by atoms with van der Waals surface area (Å²) in [5, 5.41) is 0.983. The lowest BCUT2D eigenvalue weighted by Gasteiger charge is -2.28. The van der Waals surface area contributed by atoms with Crippen molar-refractivity contribution in [1.29, 1.82) is 0 Å². The molecule has 1 fully saturated rings. The van der Waals surface area contributed by atoms with E-state index in [1.54, 1.807) is 24.3 Å². The number of sulfonamides is 1. The average Bonchev–Trinajstić information content (AvgIpc) is 3.31. The number of nitrogens with zero attached hydrogens (tertiary/aromatic N) is 2. The fraction of sp³-hybridized carbons (Fsp3) is 0.231. The van der Waals surface area contributed by atoms with Crippen molar-refractivity contribution in [2.24, 2.45) is 0 Å². The number of carbonyl (C=O) groups excluding carboxylic acids is 1. The lowest BCUT2D eigenvalue weighted by molar-refractivity contribution is 0.103. The van der Waals surface area contributed by atoms with Gasteiger partial charge in [-0.1, -0.05) is 12.1 Å². The molecule has 0 amide bonds. The molecule has 2 aromatic heterocycles. The minimum atomic E-state index is -3.54. The largest absolute Gasteiger partial charge is 0.378 e. The van der Waals surface area contributed by atoms with Crippen molar-refractivity contribution in [3.63, 3.8) is 0 Å². The number of hydrogen-bond donors (Lipinski definition) is 2. The second-order valence-corrected chi connectivity index (χ2v) is 10.5. The number of carbonyl (C=O) groups is 1. The van der Waals surface area contributed by atoms with E-state index in [4.69, 9.17) is 4.74 Å². The molecule has 0 saturated carbocycles. The Morgan fingerprint density at radius 1 is 1.06 bits per heavy atom. The summed E-state index contributed by atoms with van der Waals surface area (Å²) in [6, 6.07) is 16.5. The van der Waals surface area contributed by atoms with Crippen LogP contribution in [0.1, 0.15) is 21.6 Å². The van der Waals surface area contributed by atoms with E-state index in [0.29, 0.717) is 43.1 Å². The summed E-state index contributed by atoms with van der Waals surface area (Å²) in [6.45, 7) is 4.52. The fourth-order valence-corrected chi connectivity index (χ4v) is 4.97. The highest BCUT2D eigenvalue weighted by Gasteiger charge is 2.19. The molecular formula is C26H26N4O4S. The molecule has 1 aliphatic heterocycles. The van der Waals surface area contributed by atoms with Gasteiger partial charge in [0.1, 0.15) is 5.82 Å². The third-order valence-corrected chi connectivity index (χ3v) is 6.55. The minimum absolute atomic E-state index is 0.204. The van der Waals surface area contributed by atoms with Crippen LogP contribution in [0.5, 0.6) is 0 Å². The summed E-state index contributed by atoms with van der Waals surface area (Å²) in [7, 11) is -3.54. The Bertz CT molecular complexity index is 1520. The van der Waals surface area contributed by atoms with Crippen molar-refractivity contribution >= 4 is 38.2 Å². The van der Waals surface area contributed by atoms with E-state index in [9.17, 15) is 13.2 Å². The Labute approximate surface area is 204 Å². The van der Waals surface area contributed by atoms with Crippen molar-refractivity contribution in [3.05, 3.63) is 77.6 Å². The van der Waals surface area contributed by atoms with Crippen molar-refractivity contribution in [2.45, 2.75) is 6.92 Å². The maximum absolute atomic E-state index is 13.7. The van der Waals surface area contributed by atoms with Gasteiger partial charge in [0, 0.05) is 52.7 Å². The van der Waals surface area contributed by atoms with Gasteiger partial charge in [-0.05, 0) is 60.5 Å². The Morgan fingerprint density at radius 3 is 2.60 bits per heavy atom. The van der Waals surface area contributed by atoms with Crippen LogP contribution in [0.25, 0.3) is 22.0 Å². The zero-order valence-electron chi connectivity index (χ0n) is 19.5. The lowest BCUT2D eigenvalue weighted by Crippen LogP contribution is -2.37. The van der Waals surface area contributed by atoms with E-state index in [-0.39, 0.29) is 5.78 Å². The number of fused-ring (bicyclic) bond motifs is 1. The van der Waals surface area contributed by atoms with Crippen molar-refractivity contribution in [3.8, 4) is 11.1 Å². The number of nitrogens with one attached hydrogen (secondary N) is 2. The van der Waals surface area contributed by atoms with Crippen LogP contribution >= 0.6 is 0 Å². The van der Waals surface area contributed by atoms with Crippen molar-refractivity contribution in [2.75, 3.05) is 42.2 Å². The number of aryl methyl sites for hydroxylation is 1. The van der Waals surface area contributed by atoms with Crippen LogP contribution in [-0.2, 0) is 14.8 Å². The Kier molecular flexibility index (Phi) is 6.04. The second kappa shape index (κ2) is 9.16. The highest BCUT2D eigenvalue weighted by atomic mass is 32.2. The molecule has 4 aromatic rings. The summed E-state index contributed by atoms with van der Waals surface area (Å²) in [5.41, 5.74) is 4.55. The predicted molar refractivity (Wildman–Crippen MR) is 138 cm³/mol. The smallest absolute Gasteiger partial charge is 0.229 e. The normalized spacial score (nSPS) is 14.3. The number of pyridine rings is 1. The topological polar surface area (TPSA) is 104 Å². The van der Waals surface area contributed by atoms with Crippen molar-refractivity contribution < 1.29 is 17.9 Å². The van der Waals surface area contributed by atoms with Crippen LogP contribution in [-0.4, -0.2) is 56.7 Å². The highest BCUT2D eigenvalue weighted by molar-refractivity contribution is 7.92. The highest BCUT2D eigenvalue weighted by Crippen LogP contribution is 2.32. The van der Waals surface area contributed by atoms with Gasteiger partial charge < -0.3 is 14.6 Å². The maximum Gasteiger partial charge on any atom is 0.229 e. The number of rotatable bonds is 6. The van der Waals surface area contributed by atoms with Gasteiger partial charge in [-0.15, -0.1) is 0 Å². The SMILES string of the molecule is Cc1cc(C(=O)c2cc(NS(C)(=O)=O)cc(-c3cccc4[nH]ccc34)c2)cc(N2CCOCC2)n1. The zero-order valence-corrected chi connectivity index (χ0v) is 20.4. The number of aromatic nitrogens is 2. The van der Waals surface area contributed by atoms with Gasteiger partial charge in [-0.25, -0.2) is 13.4 Å². The number of morpholine rings is 1. The molecule has 1 aliphatic rings. The molecule has 0 atom stereocenters. The first-order chi connectivity index (χ1) is 16.8. The molecule has 2 aromatic carbocycles. The third kappa shape index (κ3) is 5.06. The first-order valence-corrected chi connectivity index (χ1v) is 13.2. The molecule has 0 radical (unpaired) electrons. The molecule has 0 aliphatic carbocycles. The van der Waals surface area contributed by atoms with Crippen LogP contribution in [0.2, 0.25) is 0 Å². The van der Waals surface area contributed by atoms with Crippen LogP contribution in [0.15, 0.2) is 60.8 Å².